The first-order chi connectivity index (χ1) is 15.3. The molecule has 2 aromatic rings. The SMILES string of the molecule is Cc1ccc(NC(=O)c2ccc(S(=O)(=O)N3C[C@H](C)C[C@H](C)C3)cc2)cc1S(=O)(=O)N(C)C. The molecule has 1 heterocycles. The lowest BCUT2D eigenvalue weighted by atomic mass is 9.94. The van der Waals surface area contributed by atoms with Gasteiger partial charge in [-0.3, -0.25) is 4.79 Å². The zero-order valence-electron chi connectivity index (χ0n) is 19.6. The number of anilines is 1. The number of hydrogen-bond donors (Lipinski definition) is 1. The van der Waals surface area contributed by atoms with E-state index in [-0.39, 0.29) is 15.4 Å². The lowest BCUT2D eigenvalue weighted by molar-refractivity contribution is 0.102. The number of carbonyl (C=O) groups is 1. The fourth-order valence-corrected chi connectivity index (χ4v) is 6.91. The van der Waals surface area contributed by atoms with Crippen molar-refractivity contribution in [3.05, 3.63) is 53.6 Å². The normalized spacial score (nSPS) is 20.1. The van der Waals surface area contributed by atoms with Crippen molar-refractivity contribution in [2.45, 2.75) is 37.0 Å². The maximum atomic E-state index is 13.0. The highest BCUT2D eigenvalue weighted by Gasteiger charge is 2.31. The summed E-state index contributed by atoms with van der Waals surface area (Å²) in [7, 11) is -4.40. The maximum Gasteiger partial charge on any atom is 0.255 e. The van der Waals surface area contributed by atoms with Crippen LogP contribution in [0.3, 0.4) is 0 Å². The van der Waals surface area contributed by atoms with Crippen LogP contribution in [0.5, 0.6) is 0 Å². The molecule has 1 N–H and O–H groups in total. The van der Waals surface area contributed by atoms with Gasteiger partial charge in [0.2, 0.25) is 20.0 Å². The Morgan fingerprint density at radius 3 is 2.09 bits per heavy atom. The number of piperidine rings is 1. The van der Waals surface area contributed by atoms with E-state index < -0.39 is 26.0 Å². The molecule has 3 rings (SSSR count). The van der Waals surface area contributed by atoms with Gasteiger partial charge in [0.15, 0.2) is 0 Å². The van der Waals surface area contributed by atoms with E-state index in [9.17, 15) is 21.6 Å². The highest BCUT2D eigenvalue weighted by atomic mass is 32.2. The number of aryl methyl sites for hydroxylation is 1. The summed E-state index contributed by atoms with van der Waals surface area (Å²) in [6, 6.07) is 10.5. The molecule has 0 saturated carbocycles. The largest absolute Gasteiger partial charge is 0.322 e. The van der Waals surface area contributed by atoms with Crippen LogP contribution in [0, 0.1) is 18.8 Å². The highest BCUT2D eigenvalue weighted by Crippen LogP contribution is 2.27. The molecule has 1 fully saturated rings. The number of sulfonamides is 2. The summed E-state index contributed by atoms with van der Waals surface area (Å²) in [5, 5.41) is 2.69. The van der Waals surface area contributed by atoms with Gasteiger partial charge in [0.05, 0.1) is 9.79 Å². The molecule has 0 aromatic heterocycles. The predicted molar refractivity (Wildman–Crippen MR) is 128 cm³/mol. The molecule has 2 atom stereocenters. The molecule has 0 spiro atoms. The summed E-state index contributed by atoms with van der Waals surface area (Å²) in [6.07, 6.45) is 1.00. The fourth-order valence-electron chi connectivity index (χ4n) is 4.09. The molecule has 180 valence electrons. The van der Waals surface area contributed by atoms with Crippen LogP contribution in [-0.4, -0.2) is 58.5 Å². The van der Waals surface area contributed by atoms with Gasteiger partial charge in [-0.25, -0.2) is 21.1 Å². The summed E-state index contributed by atoms with van der Waals surface area (Å²) < 4.78 is 53.7. The second kappa shape index (κ2) is 9.54. The molecular formula is C23H31N3O5S2. The third-order valence-corrected chi connectivity index (χ3v) is 9.60. The number of rotatable bonds is 6. The van der Waals surface area contributed by atoms with E-state index in [4.69, 9.17) is 0 Å². The minimum absolute atomic E-state index is 0.108. The number of benzene rings is 2. The van der Waals surface area contributed by atoms with Crippen LogP contribution in [0.25, 0.3) is 0 Å². The van der Waals surface area contributed by atoms with Gasteiger partial charge in [-0.1, -0.05) is 19.9 Å². The number of nitrogens with zero attached hydrogens (tertiary/aromatic N) is 2. The van der Waals surface area contributed by atoms with Crippen LogP contribution in [0.1, 0.15) is 36.2 Å². The smallest absolute Gasteiger partial charge is 0.255 e. The van der Waals surface area contributed by atoms with Crippen LogP contribution >= 0.6 is 0 Å². The summed E-state index contributed by atoms with van der Waals surface area (Å²) >= 11 is 0. The van der Waals surface area contributed by atoms with Crippen LogP contribution in [0.4, 0.5) is 5.69 Å². The Balaban J connectivity index is 1.79. The van der Waals surface area contributed by atoms with Gasteiger partial charge in [-0.2, -0.15) is 4.31 Å². The molecular weight excluding hydrogens is 462 g/mol. The molecule has 1 aliphatic rings. The second-order valence-electron chi connectivity index (χ2n) is 9.01. The Labute approximate surface area is 196 Å². The third kappa shape index (κ3) is 5.46. The quantitative estimate of drug-likeness (QED) is 0.666. The fraction of sp³-hybridized carbons (Fsp3) is 0.435. The van der Waals surface area contributed by atoms with Crippen LogP contribution in [0.15, 0.2) is 52.3 Å². The molecule has 0 aliphatic carbocycles. The Hall–Kier alpha value is -2.27. The van der Waals surface area contributed by atoms with E-state index in [0.29, 0.717) is 36.2 Å². The number of hydrogen-bond acceptors (Lipinski definition) is 5. The van der Waals surface area contributed by atoms with Gasteiger partial charge >= 0.3 is 0 Å². The average Bonchev–Trinajstić information content (AvgIpc) is 2.74. The van der Waals surface area contributed by atoms with Crippen molar-refractivity contribution in [2.24, 2.45) is 11.8 Å². The first kappa shape index (κ1) is 25.4. The lowest BCUT2D eigenvalue weighted by Crippen LogP contribution is -2.42. The lowest BCUT2D eigenvalue weighted by Gasteiger charge is -2.34. The summed E-state index contributed by atoms with van der Waals surface area (Å²) in [5.74, 6) is 0.129. The molecule has 0 unspecified atom stereocenters. The van der Waals surface area contributed by atoms with Crippen molar-refractivity contribution < 1.29 is 21.6 Å². The molecule has 2 aromatic carbocycles. The van der Waals surface area contributed by atoms with Gasteiger partial charge in [-0.05, 0) is 67.1 Å². The standard InChI is InChI=1S/C23H31N3O5S2/c1-16-12-17(2)15-26(14-16)32(28,29)21-10-7-19(8-11-21)23(27)24-20-9-6-18(3)22(13-20)33(30,31)25(4)5/h6-11,13,16-17H,12,14-15H2,1-5H3,(H,24,27)/t16-,17+. The van der Waals surface area contributed by atoms with E-state index >= 15 is 0 Å². The highest BCUT2D eigenvalue weighted by molar-refractivity contribution is 7.89. The first-order valence-electron chi connectivity index (χ1n) is 10.8. The van der Waals surface area contributed by atoms with Gasteiger partial charge in [-0.15, -0.1) is 0 Å². The number of amides is 1. The Morgan fingerprint density at radius 1 is 0.970 bits per heavy atom. The molecule has 8 nitrogen and oxygen atoms in total. The van der Waals surface area contributed by atoms with Crippen molar-refractivity contribution >= 4 is 31.6 Å². The van der Waals surface area contributed by atoms with Crippen LogP contribution < -0.4 is 5.32 Å². The number of carbonyl (C=O) groups excluding carboxylic acids is 1. The van der Waals surface area contributed by atoms with Crippen LogP contribution in [0.2, 0.25) is 0 Å². The molecule has 1 saturated heterocycles. The molecule has 10 heteroatoms. The average molecular weight is 494 g/mol. The Bertz CT molecular complexity index is 1230. The summed E-state index contributed by atoms with van der Waals surface area (Å²) in [6.45, 7) is 6.75. The molecule has 0 bridgehead atoms. The van der Waals surface area contributed by atoms with E-state index in [0.717, 1.165) is 10.7 Å². The van der Waals surface area contributed by atoms with E-state index in [1.165, 1.54) is 48.7 Å². The summed E-state index contributed by atoms with van der Waals surface area (Å²) in [4.78, 5) is 13.0. The zero-order valence-corrected chi connectivity index (χ0v) is 21.2. The Kier molecular flexibility index (Phi) is 7.33. The second-order valence-corrected chi connectivity index (χ2v) is 13.1. The zero-order chi connectivity index (χ0) is 24.6. The van der Waals surface area contributed by atoms with Crippen molar-refractivity contribution in [2.75, 3.05) is 32.5 Å². The van der Waals surface area contributed by atoms with Crippen molar-refractivity contribution in [3.8, 4) is 0 Å². The molecule has 1 amide bonds. The van der Waals surface area contributed by atoms with Crippen molar-refractivity contribution in [3.63, 3.8) is 0 Å². The third-order valence-electron chi connectivity index (χ3n) is 5.79. The summed E-state index contributed by atoms with van der Waals surface area (Å²) in [5.41, 5.74) is 1.17. The molecule has 0 radical (unpaired) electrons. The van der Waals surface area contributed by atoms with Gasteiger partial charge in [0.25, 0.3) is 5.91 Å². The van der Waals surface area contributed by atoms with E-state index in [1.54, 1.807) is 19.1 Å². The molecule has 33 heavy (non-hydrogen) atoms. The van der Waals surface area contributed by atoms with E-state index in [2.05, 4.69) is 5.32 Å². The van der Waals surface area contributed by atoms with Crippen molar-refractivity contribution in [1.82, 2.24) is 8.61 Å². The number of nitrogens with one attached hydrogen (secondary N) is 1. The minimum Gasteiger partial charge on any atom is -0.322 e. The van der Waals surface area contributed by atoms with Crippen molar-refractivity contribution in [1.29, 1.82) is 0 Å². The Morgan fingerprint density at radius 2 is 1.55 bits per heavy atom. The monoisotopic (exact) mass is 493 g/mol. The van der Waals surface area contributed by atoms with Crippen LogP contribution in [-0.2, 0) is 20.0 Å². The predicted octanol–water partition coefficient (Wildman–Crippen LogP) is 3.16. The van der Waals surface area contributed by atoms with Gasteiger partial charge in [0, 0.05) is 38.4 Å². The van der Waals surface area contributed by atoms with Gasteiger partial charge in [0.1, 0.15) is 0 Å². The molecule has 1 aliphatic heterocycles. The van der Waals surface area contributed by atoms with Gasteiger partial charge < -0.3 is 5.32 Å². The topological polar surface area (TPSA) is 104 Å². The minimum atomic E-state index is -3.66. The van der Waals surface area contributed by atoms with E-state index in [1.807, 2.05) is 13.8 Å². The first-order valence-corrected chi connectivity index (χ1v) is 13.6. The maximum absolute atomic E-state index is 13.0.